The number of hydrogen-bond donors (Lipinski definition) is 1. The van der Waals surface area contributed by atoms with Gasteiger partial charge in [0.15, 0.2) is 11.0 Å². The van der Waals surface area contributed by atoms with Crippen molar-refractivity contribution < 1.29 is 9.53 Å². The molecular weight excluding hydrogens is 443 g/mol. The van der Waals surface area contributed by atoms with Gasteiger partial charge in [0.2, 0.25) is 5.91 Å². The highest BCUT2D eigenvalue weighted by atomic mass is 35.5. The Balaban J connectivity index is 1.78. The molecule has 0 atom stereocenters. The molecule has 1 heterocycles. The van der Waals surface area contributed by atoms with Crippen LogP contribution in [0, 0.1) is 0 Å². The van der Waals surface area contributed by atoms with Gasteiger partial charge in [-0.05, 0) is 43.7 Å². The molecule has 2 aromatic carbocycles. The van der Waals surface area contributed by atoms with E-state index in [2.05, 4.69) is 15.5 Å². The predicted octanol–water partition coefficient (Wildman–Crippen LogP) is 4.88. The number of nitrogens with one attached hydrogen (secondary N) is 1. The summed E-state index contributed by atoms with van der Waals surface area (Å²) in [5, 5.41) is 13.2. The van der Waals surface area contributed by atoms with Crippen LogP contribution < -0.4 is 5.32 Å². The standard InChI is InChI=1S/C21H22Cl2N4O2S/c1-2-29-12-6-11-24-19(28)14-30-21-26-25-20(17-10-9-15(22)13-18(17)23)27(21)16-7-4-3-5-8-16/h3-5,7-10,13H,2,6,11-12,14H2,1H3,(H,24,28). The second kappa shape index (κ2) is 11.4. The topological polar surface area (TPSA) is 69.0 Å². The molecule has 1 N–H and O–H groups in total. The Morgan fingerprint density at radius 3 is 2.70 bits per heavy atom. The number of para-hydroxylation sites is 1. The van der Waals surface area contributed by atoms with E-state index in [0.717, 1.165) is 12.1 Å². The van der Waals surface area contributed by atoms with Crippen molar-refractivity contribution in [2.75, 3.05) is 25.5 Å². The second-order valence-corrected chi connectivity index (χ2v) is 8.08. The highest BCUT2D eigenvalue weighted by molar-refractivity contribution is 7.99. The van der Waals surface area contributed by atoms with Crippen LogP contribution in [0.15, 0.2) is 53.7 Å². The van der Waals surface area contributed by atoms with Crippen molar-refractivity contribution in [3.05, 3.63) is 58.6 Å². The molecular formula is C21H22Cl2N4O2S. The molecule has 158 valence electrons. The number of hydrogen-bond acceptors (Lipinski definition) is 5. The zero-order chi connectivity index (χ0) is 21.3. The van der Waals surface area contributed by atoms with Crippen molar-refractivity contribution in [3.63, 3.8) is 0 Å². The molecule has 0 spiro atoms. The van der Waals surface area contributed by atoms with Crippen molar-refractivity contribution in [2.24, 2.45) is 0 Å². The van der Waals surface area contributed by atoms with E-state index >= 15 is 0 Å². The minimum Gasteiger partial charge on any atom is -0.382 e. The van der Waals surface area contributed by atoms with E-state index < -0.39 is 0 Å². The number of rotatable bonds is 10. The van der Waals surface area contributed by atoms with E-state index in [0.29, 0.717) is 46.3 Å². The number of halogens is 2. The number of thioether (sulfide) groups is 1. The summed E-state index contributed by atoms with van der Waals surface area (Å²) in [5.74, 6) is 0.751. The minimum atomic E-state index is -0.0646. The number of benzene rings is 2. The van der Waals surface area contributed by atoms with Gasteiger partial charge in [0.05, 0.1) is 10.8 Å². The fraction of sp³-hybridized carbons (Fsp3) is 0.286. The van der Waals surface area contributed by atoms with Crippen LogP contribution in [-0.2, 0) is 9.53 Å². The van der Waals surface area contributed by atoms with Crippen molar-refractivity contribution in [2.45, 2.75) is 18.5 Å². The average Bonchev–Trinajstić information content (AvgIpc) is 3.16. The number of ether oxygens (including phenoxy) is 1. The van der Waals surface area contributed by atoms with Crippen LogP contribution in [0.1, 0.15) is 13.3 Å². The Morgan fingerprint density at radius 2 is 1.97 bits per heavy atom. The van der Waals surface area contributed by atoms with Gasteiger partial charge in [-0.3, -0.25) is 9.36 Å². The molecule has 9 heteroatoms. The third-order valence-corrected chi connectivity index (χ3v) is 5.62. The zero-order valence-corrected chi connectivity index (χ0v) is 18.8. The maximum absolute atomic E-state index is 12.2. The van der Waals surface area contributed by atoms with Crippen LogP contribution in [0.5, 0.6) is 0 Å². The molecule has 0 aliphatic carbocycles. The molecule has 0 radical (unpaired) electrons. The van der Waals surface area contributed by atoms with E-state index in [1.54, 1.807) is 12.1 Å². The molecule has 3 rings (SSSR count). The van der Waals surface area contributed by atoms with Gasteiger partial charge in [-0.2, -0.15) is 0 Å². The molecule has 0 saturated carbocycles. The largest absolute Gasteiger partial charge is 0.382 e. The van der Waals surface area contributed by atoms with Crippen LogP contribution in [0.2, 0.25) is 10.0 Å². The lowest BCUT2D eigenvalue weighted by molar-refractivity contribution is -0.118. The molecule has 3 aromatic rings. The molecule has 1 amide bonds. The van der Waals surface area contributed by atoms with E-state index in [-0.39, 0.29) is 11.7 Å². The highest BCUT2D eigenvalue weighted by Crippen LogP contribution is 2.33. The summed E-state index contributed by atoms with van der Waals surface area (Å²) in [6.07, 6.45) is 0.781. The van der Waals surface area contributed by atoms with Crippen molar-refractivity contribution in [1.29, 1.82) is 0 Å². The fourth-order valence-corrected chi connectivity index (χ4v) is 4.02. The molecule has 0 bridgehead atoms. The molecule has 0 aliphatic heterocycles. The summed E-state index contributed by atoms with van der Waals surface area (Å²) in [4.78, 5) is 12.2. The minimum absolute atomic E-state index is 0.0646. The SMILES string of the molecule is CCOCCCNC(=O)CSc1nnc(-c2ccc(Cl)cc2Cl)n1-c1ccccc1. The number of nitrogens with zero attached hydrogens (tertiary/aromatic N) is 3. The monoisotopic (exact) mass is 464 g/mol. The van der Waals surface area contributed by atoms with Gasteiger partial charge < -0.3 is 10.1 Å². The summed E-state index contributed by atoms with van der Waals surface area (Å²) in [7, 11) is 0. The lowest BCUT2D eigenvalue weighted by Crippen LogP contribution is -2.27. The van der Waals surface area contributed by atoms with Gasteiger partial charge in [-0.1, -0.05) is 53.2 Å². The van der Waals surface area contributed by atoms with Gasteiger partial charge in [0.1, 0.15) is 0 Å². The normalized spacial score (nSPS) is 10.9. The smallest absolute Gasteiger partial charge is 0.230 e. The number of carbonyl (C=O) groups excluding carboxylic acids is 1. The molecule has 0 fully saturated rings. The number of aromatic nitrogens is 3. The average molecular weight is 465 g/mol. The molecule has 0 saturated heterocycles. The van der Waals surface area contributed by atoms with E-state index in [1.807, 2.05) is 47.9 Å². The van der Waals surface area contributed by atoms with E-state index in [9.17, 15) is 4.79 Å². The van der Waals surface area contributed by atoms with Crippen LogP contribution in [0.25, 0.3) is 17.1 Å². The first kappa shape index (κ1) is 22.6. The van der Waals surface area contributed by atoms with Crippen LogP contribution in [0.4, 0.5) is 0 Å². The van der Waals surface area contributed by atoms with Crippen molar-refractivity contribution in [1.82, 2.24) is 20.1 Å². The Bertz CT molecular complexity index is 982. The first-order valence-electron chi connectivity index (χ1n) is 9.53. The Labute approximate surface area is 189 Å². The van der Waals surface area contributed by atoms with E-state index in [1.165, 1.54) is 11.8 Å². The first-order chi connectivity index (χ1) is 14.6. The Morgan fingerprint density at radius 1 is 1.17 bits per heavy atom. The highest BCUT2D eigenvalue weighted by Gasteiger charge is 2.19. The molecule has 1 aromatic heterocycles. The second-order valence-electron chi connectivity index (χ2n) is 6.29. The van der Waals surface area contributed by atoms with Gasteiger partial charge in [0, 0.05) is 36.0 Å². The Hall–Kier alpha value is -2.06. The summed E-state index contributed by atoms with van der Waals surface area (Å²) in [6.45, 7) is 3.84. The van der Waals surface area contributed by atoms with Crippen LogP contribution in [-0.4, -0.2) is 46.2 Å². The lowest BCUT2D eigenvalue weighted by Gasteiger charge is -2.11. The number of carbonyl (C=O) groups is 1. The van der Waals surface area contributed by atoms with Crippen LogP contribution in [0.3, 0.4) is 0 Å². The summed E-state index contributed by atoms with van der Waals surface area (Å²) in [5.41, 5.74) is 1.59. The van der Waals surface area contributed by atoms with E-state index in [4.69, 9.17) is 27.9 Å². The predicted molar refractivity (Wildman–Crippen MR) is 122 cm³/mol. The van der Waals surface area contributed by atoms with Gasteiger partial charge in [-0.15, -0.1) is 10.2 Å². The molecule has 6 nitrogen and oxygen atoms in total. The summed E-state index contributed by atoms with van der Waals surface area (Å²) in [6, 6.07) is 15.0. The quantitative estimate of drug-likeness (QED) is 0.342. The van der Waals surface area contributed by atoms with Crippen molar-refractivity contribution in [3.8, 4) is 17.1 Å². The summed E-state index contributed by atoms with van der Waals surface area (Å²) >= 11 is 13.8. The maximum Gasteiger partial charge on any atom is 0.230 e. The zero-order valence-electron chi connectivity index (χ0n) is 16.5. The van der Waals surface area contributed by atoms with Gasteiger partial charge >= 0.3 is 0 Å². The lowest BCUT2D eigenvalue weighted by atomic mass is 10.2. The third-order valence-electron chi connectivity index (χ3n) is 4.14. The van der Waals surface area contributed by atoms with Crippen molar-refractivity contribution >= 4 is 40.9 Å². The van der Waals surface area contributed by atoms with Gasteiger partial charge in [0.25, 0.3) is 0 Å². The first-order valence-corrected chi connectivity index (χ1v) is 11.3. The number of amides is 1. The Kier molecular flexibility index (Phi) is 8.57. The molecule has 0 aliphatic rings. The maximum atomic E-state index is 12.2. The fourth-order valence-electron chi connectivity index (χ4n) is 2.75. The van der Waals surface area contributed by atoms with Gasteiger partial charge in [-0.25, -0.2) is 0 Å². The summed E-state index contributed by atoms with van der Waals surface area (Å²) < 4.78 is 7.16. The van der Waals surface area contributed by atoms with Crippen LogP contribution >= 0.6 is 35.0 Å². The third kappa shape index (κ3) is 5.98. The molecule has 30 heavy (non-hydrogen) atoms. The molecule has 0 unspecified atom stereocenters.